The van der Waals surface area contributed by atoms with Crippen LogP contribution in [0.1, 0.15) is 24.6 Å². The number of aromatic nitrogens is 1. The number of pyridine rings is 1. The second kappa shape index (κ2) is 8.13. The maximum atomic E-state index is 10.1. The van der Waals surface area contributed by atoms with Crippen molar-refractivity contribution in [2.24, 2.45) is 0 Å². The molecule has 25 heavy (non-hydrogen) atoms. The number of fused-ring (bicyclic) bond motifs is 1. The van der Waals surface area contributed by atoms with Crippen molar-refractivity contribution in [3.05, 3.63) is 35.5 Å². The van der Waals surface area contributed by atoms with Crippen LogP contribution in [-0.4, -0.2) is 65.8 Å². The monoisotopic (exact) mass is 343 g/mol. The number of benzene rings is 1. The lowest BCUT2D eigenvalue weighted by atomic mass is 10.0. The van der Waals surface area contributed by atoms with Gasteiger partial charge in [0.05, 0.1) is 6.61 Å². The SMILES string of the molecule is CCC1CN(Cc2ccc(O)c3nc(C)ccc23)CCN1CCOC. The van der Waals surface area contributed by atoms with Crippen LogP contribution in [0.2, 0.25) is 0 Å². The lowest BCUT2D eigenvalue weighted by Gasteiger charge is -2.41. The minimum atomic E-state index is 0.262. The van der Waals surface area contributed by atoms with Crippen LogP contribution in [0.25, 0.3) is 10.9 Å². The molecule has 0 radical (unpaired) electrons. The number of phenolic OH excluding ortho intramolecular Hbond substituents is 1. The van der Waals surface area contributed by atoms with Gasteiger partial charge in [0.25, 0.3) is 0 Å². The standard InChI is InChI=1S/C20H29N3O2/c1-4-17-14-22(9-10-23(17)11-12-25-3)13-16-6-8-19(24)20-18(16)7-5-15(2)21-20/h5-8,17,24H,4,9-14H2,1-3H3. The van der Waals surface area contributed by atoms with Crippen molar-refractivity contribution in [3.63, 3.8) is 0 Å². The molecule has 0 spiro atoms. The number of hydrogen-bond donors (Lipinski definition) is 1. The van der Waals surface area contributed by atoms with Crippen molar-refractivity contribution in [3.8, 4) is 5.75 Å². The topological polar surface area (TPSA) is 48.8 Å². The molecule has 1 aromatic heterocycles. The van der Waals surface area contributed by atoms with E-state index in [1.807, 2.05) is 19.1 Å². The van der Waals surface area contributed by atoms with E-state index >= 15 is 0 Å². The van der Waals surface area contributed by atoms with E-state index in [1.165, 1.54) is 5.56 Å². The molecule has 5 nitrogen and oxygen atoms in total. The average molecular weight is 343 g/mol. The van der Waals surface area contributed by atoms with E-state index in [0.717, 1.165) is 56.8 Å². The largest absolute Gasteiger partial charge is 0.506 e. The van der Waals surface area contributed by atoms with Gasteiger partial charge < -0.3 is 9.84 Å². The van der Waals surface area contributed by atoms with Gasteiger partial charge in [-0.1, -0.05) is 19.1 Å². The normalized spacial score (nSPS) is 19.6. The van der Waals surface area contributed by atoms with Crippen molar-refractivity contribution >= 4 is 10.9 Å². The molecular weight excluding hydrogens is 314 g/mol. The molecule has 2 aromatic rings. The maximum absolute atomic E-state index is 10.1. The Morgan fingerprint density at radius 3 is 2.84 bits per heavy atom. The minimum absolute atomic E-state index is 0.262. The summed E-state index contributed by atoms with van der Waals surface area (Å²) in [4.78, 5) is 9.57. The maximum Gasteiger partial charge on any atom is 0.141 e. The molecule has 1 saturated heterocycles. The van der Waals surface area contributed by atoms with Crippen LogP contribution in [0.3, 0.4) is 0 Å². The minimum Gasteiger partial charge on any atom is -0.506 e. The zero-order valence-corrected chi connectivity index (χ0v) is 15.5. The number of piperazine rings is 1. The van der Waals surface area contributed by atoms with Crippen molar-refractivity contribution < 1.29 is 9.84 Å². The smallest absolute Gasteiger partial charge is 0.141 e. The molecule has 1 aromatic carbocycles. The van der Waals surface area contributed by atoms with Gasteiger partial charge in [-0.3, -0.25) is 9.80 Å². The Kier molecular flexibility index (Phi) is 5.89. The molecule has 5 heteroatoms. The van der Waals surface area contributed by atoms with Gasteiger partial charge in [0.1, 0.15) is 11.3 Å². The molecule has 0 bridgehead atoms. The summed E-state index contributed by atoms with van der Waals surface area (Å²) < 4.78 is 5.24. The molecule has 0 saturated carbocycles. The third kappa shape index (κ3) is 4.11. The van der Waals surface area contributed by atoms with Crippen LogP contribution in [0, 0.1) is 6.92 Å². The van der Waals surface area contributed by atoms with Gasteiger partial charge in [0.2, 0.25) is 0 Å². The van der Waals surface area contributed by atoms with Gasteiger partial charge in [-0.2, -0.15) is 0 Å². The quantitative estimate of drug-likeness (QED) is 0.874. The van der Waals surface area contributed by atoms with Crippen molar-refractivity contribution in [1.82, 2.24) is 14.8 Å². The Hall–Kier alpha value is -1.69. The average Bonchev–Trinajstić information content (AvgIpc) is 2.63. The first kappa shape index (κ1) is 18.1. The number of methoxy groups -OCH3 is 1. The molecule has 0 amide bonds. The van der Waals surface area contributed by atoms with Crippen LogP contribution in [0.4, 0.5) is 0 Å². The first-order valence-corrected chi connectivity index (χ1v) is 9.16. The van der Waals surface area contributed by atoms with E-state index in [9.17, 15) is 5.11 Å². The predicted octanol–water partition coefficient (Wildman–Crippen LogP) is 2.79. The highest BCUT2D eigenvalue weighted by Crippen LogP contribution is 2.27. The Bertz CT molecular complexity index is 719. The summed E-state index contributed by atoms with van der Waals surface area (Å²) in [6, 6.07) is 8.48. The molecule has 2 heterocycles. The van der Waals surface area contributed by atoms with Crippen molar-refractivity contribution in [2.75, 3.05) is 39.9 Å². The van der Waals surface area contributed by atoms with Crippen LogP contribution >= 0.6 is 0 Å². The van der Waals surface area contributed by atoms with Gasteiger partial charge in [-0.15, -0.1) is 0 Å². The van der Waals surface area contributed by atoms with Crippen molar-refractivity contribution in [1.29, 1.82) is 0 Å². The number of aryl methyl sites for hydroxylation is 1. The summed E-state index contributed by atoms with van der Waals surface area (Å²) in [5, 5.41) is 11.2. The highest BCUT2D eigenvalue weighted by Gasteiger charge is 2.25. The fourth-order valence-corrected chi connectivity index (χ4v) is 3.73. The van der Waals surface area contributed by atoms with Crippen LogP contribution in [0.15, 0.2) is 24.3 Å². The fourth-order valence-electron chi connectivity index (χ4n) is 3.73. The summed E-state index contributed by atoms with van der Waals surface area (Å²) in [5.41, 5.74) is 2.88. The first-order chi connectivity index (χ1) is 12.1. The summed E-state index contributed by atoms with van der Waals surface area (Å²) in [6.45, 7) is 10.1. The molecule has 3 rings (SSSR count). The summed E-state index contributed by atoms with van der Waals surface area (Å²) >= 11 is 0. The van der Waals surface area contributed by atoms with E-state index < -0.39 is 0 Å². The Morgan fingerprint density at radius 2 is 2.08 bits per heavy atom. The first-order valence-electron chi connectivity index (χ1n) is 9.16. The third-order valence-corrected chi connectivity index (χ3v) is 5.20. The summed E-state index contributed by atoms with van der Waals surface area (Å²) in [6.07, 6.45) is 1.15. The third-order valence-electron chi connectivity index (χ3n) is 5.20. The summed E-state index contributed by atoms with van der Waals surface area (Å²) in [5.74, 6) is 0.262. The van der Waals surface area contributed by atoms with Gasteiger partial charge in [-0.25, -0.2) is 4.98 Å². The predicted molar refractivity (Wildman–Crippen MR) is 101 cm³/mol. The number of hydrogen-bond acceptors (Lipinski definition) is 5. The number of phenols is 1. The number of nitrogens with zero attached hydrogens (tertiary/aromatic N) is 3. The molecule has 136 valence electrons. The molecule has 1 fully saturated rings. The van der Waals surface area contributed by atoms with E-state index in [2.05, 4.69) is 27.8 Å². The van der Waals surface area contributed by atoms with Gasteiger partial charge in [0.15, 0.2) is 0 Å². The Morgan fingerprint density at radius 1 is 1.24 bits per heavy atom. The van der Waals surface area contributed by atoms with Crippen molar-refractivity contribution in [2.45, 2.75) is 32.9 Å². The molecule has 1 aliphatic rings. The molecular formula is C20H29N3O2. The van der Waals surface area contributed by atoms with Crippen LogP contribution in [-0.2, 0) is 11.3 Å². The van der Waals surface area contributed by atoms with Gasteiger partial charge in [0, 0.05) is 57.0 Å². The van der Waals surface area contributed by atoms with Crippen LogP contribution < -0.4 is 0 Å². The van der Waals surface area contributed by atoms with E-state index in [1.54, 1.807) is 13.2 Å². The number of aromatic hydroxyl groups is 1. The lowest BCUT2D eigenvalue weighted by molar-refractivity contribution is 0.0467. The van der Waals surface area contributed by atoms with E-state index in [-0.39, 0.29) is 5.75 Å². The Labute approximate surface area is 150 Å². The van der Waals surface area contributed by atoms with E-state index in [0.29, 0.717) is 11.6 Å². The molecule has 1 atom stereocenters. The highest BCUT2D eigenvalue weighted by molar-refractivity contribution is 5.87. The summed E-state index contributed by atoms with van der Waals surface area (Å²) in [7, 11) is 1.77. The number of rotatable bonds is 6. The van der Waals surface area contributed by atoms with Crippen LogP contribution in [0.5, 0.6) is 5.75 Å². The zero-order chi connectivity index (χ0) is 17.8. The highest BCUT2D eigenvalue weighted by atomic mass is 16.5. The van der Waals surface area contributed by atoms with Gasteiger partial charge >= 0.3 is 0 Å². The molecule has 1 N–H and O–H groups in total. The zero-order valence-electron chi connectivity index (χ0n) is 15.5. The van der Waals surface area contributed by atoms with E-state index in [4.69, 9.17) is 4.74 Å². The molecule has 1 aliphatic heterocycles. The lowest BCUT2D eigenvalue weighted by Crippen LogP contribution is -2.53. The molecule has 0 aliphatic carbocycles. The van der Waals surface area contributed by atoms with Gasteiger partial charge in [-0.05, 0) is 31.0 Å². The second-order valence-electron chi connectivity index (χ2n) is 6.92. The molecule has 1 unspecified atom stereocenters. The fraction of sp³-hybridized carbons (Fsp3) is 0.550. The number of ether oxygens (including phenoxy) is 1. The Balaban J connectivity index is 1.75. The second-order valence-corrected chi connectivity index (χ2v) is 6.92.